The minimum Gasteiger partial charge on any atom is -0.366 e. The van der Waals surface area contributed by atoms with Crippen LogP contribution in [-0.2, 0) is 6.54 Å². The molecule has 3 rings (SSSR count). The fourth-order valence-electron chi connectivity index (χ4n) is 2.41. The lowest BCUT2D eigenvalue weighted by molar-refractivity contribution is 0.507. The van der Waals surface area contributed by atoms with Gasteiger partial charge in [-0.25, -0.2) is 13.8 Å². The van der Waals surface area contributed by atoms with Gasteiger partial charge in [-0.1, -0.05) is 19.1 Å². The number of benzene rings is 1. The van der Waals surface area contributed by atoms with Gasteiger partial charge in [-0.15, -0.1) is 0 Å². The molecule has 0 radical (unpaired) electrons. The molecule has 0 bridgehead atoms. The number of nitrogens with one attached hydrogen (secondary N) is 2. The molecule has 0 spiro atoms. The van der Waals surface area contributed by atoms with Gasteiger partial charge in [-0.3, -0.25) is 4.98 Å². The SMILES string of the molecule is CC[C@H](C)Nc1nc(NCc2ccc(F)c(F)c2)cc(-c2ccccn2)n1. The van der Waals surface area contributed by atoms with Gasteiger partial charge in [0, 0.05) is 24.8 Å². The van der Waals surface area contributed by atoms with Crippen molar-refractivity contribution in [2.24, 2.45) is 0 Å². The maximum atomic E-state index is 13.4. The summed E-state index contributed by atoms with van der Waals surface area (Å²) in [5.41, 5.74) is 2.01. The number of pyridine rings is 1. The summed E-state index contributed by atoms with van der Waals surface area (Å²) in [6.07, 6.45) is 2.63. The van der Waals surface area contributed by atoms with Gasteiger partial charge >= 0.3 is 0 Å². The number of hydrogen-bond donors (Lipinski definition) is 2. The van der Waals surface area contributed by atoms with Crippen molar-refractivity contribution in [2.45, 2.75) is 32.9 Å². The van der Waals surface area contributed by atoms with Gasteiger partial charge in [0.25, 0.3) is 0 Å². The van der Waals surface area contributed by atoms with Crippen molar-refractivity contribution in [3.63, 3.8) is 0 Å². The van der Waals surface area contributed by atoms with Crippen molar-refractivity contribution in [3.8, 4) is 11.4 Å². The molecule has 0 aliphatic carbocycles. The molecule has 140 valence electrons. The highest BCUT2D eigenvalue weighted by Crippen LogP contribution is 2.21. The first kappa shape index (κ1) is 18.7. The third-order valence-corrected chi connectivity index (χ3v) is 4.10. The third-order valence-electron chi connectivity index (χ3n) is 4.10. The first-order chi connectivity index (χ1) is 13.0. The van der Waals surface area contributed by atoms with Crippen molar-refractivity contribution in [2.75, 3.05) is 10.6 Å². The van der Waals surface area contributed by atoms with Gasteiger partial charge in [-0.2, -0.15) is 4.98 Å². The molecule has 1 atom stereocenters. The average molecular weight is 369 g/mol. The lowest BCUT2D eigenvalue weighted by atomic mass is 10.2. The number of anilines is 2. The van der Waals surface area contributed by atoms with Gasteiger partial charge in [0.2, 0.25) is 5.95 Å². The molecule has 7 heteroatoms. The zero-order valence-corrected chi connectivity index (χ0v) is 15.2. The highest BCUT2D eigenvalue weighted by molar-refractivity contribution is 5.61. The van der Waals surface area contributed by atoms with Crippen molar-refractivity contribution >= 4 is 11.8 Å². The first-order valence-corrected chi connectivity index (χ1v) is 8.80. The van der Waals surface area contributed by atoms with E-state index in [1.54, 1.807) is 12.3 Å². The number of hydrogen-bond acceptors (Lipinski definition) is 5. The summed E-state index contributed by atoms with van der Waals surface area (Å²) in [5, 5.41) is 6.40. The summed E-state index contributed by atoms with van der Waals surface area (Å²) in [6.45, 7) is 4.42. The summed E-state index contributed by atoms with van der Waals surface area (Å²) < 4.78 is 26.5. The Labute approximate surface area is 156 Å². The van der Waals surface area contributed by atoms with Crippen LogP contribution in [0.25, 0.3) is 11.4 Å². The Hall–Kier alpha value is -3.09. The molecule has 2 heterocycles. The summed E-state index contributed by atoms with van der Waals surface area (Å²) in [4.78, 5) is 13.3. The Morgan fingerprint density at radius 1 is 1.00 bits per heavy atom. The second kappa shape index (κ2) is 8.53. The van der Waals surface area contributed by atoms with Crippen LogP contribution in [-0.4, -0.2) is 21.0 Å². The Balaban J connectivity index is 1.86. The van der Waals surface area contributed by atoms with Crippen molar-refractivity contribution < 1.29 is 8.78 Å². The molecule has 3 aromatic rings. The second-order valence-corrected chi connectivity index (χ2v) is 6.23. The van der Waals surface area contributed by atoms with E-state index in [0.29, 0.717) is 29.6 Å². The molecule has 1 aromatic carbocycles. The number of nitrogens with zero attached hydrogens (tertiary/aromatic N) is 3. The quantitative estimate of drug-likeness (QED) is 0.635. The molecule has 0 aliphatic heterocycles. The lowest BCUT2D eigenvalue weighted by Gasteiger charge is -2.14. The fourth-order valence-corrected chi connectivity index (χ4v) is 2.41. The van der Waals surface area contributed by atoms with E-state index in [1.165, 1.54) is 12.1 Å². The monoisotopic (exact) mass is 369 g/mol. The zero-order chi connectivity index (χ0) is 19.2. The van der Waals surface area contributed by atoms with E-state index in [1.807, 2.05) is 25.1 Å². The van der Waals surface area contributed by atoms with E-state index in [2.05, 4.69) is 32.5 Å². The normalized spacial score (nSPS) is 11.9. The van der Waals surface area contributed by atoms with Gasteiger partial charge in [-0.05, 0) is 43.2 Å². The molecule has 0 saturated carbocycles. The predicted octanol–water partition coefficient (Wildman–Crippen LogP) is 4.64. The Bertz CT molecular complexity index is 902. The molecule has 0 amide bonds. The Morgan fingerprint density at radius 2 is 1.85 bits per heavy atom. The Kier molecular flexibility index (Phi) is 5.90. The molecule has 0 aliphatic rings. The summed E-state index contributed by atoms with van der Waals surface area (Å²) in [7, 11) is 0. The molecular formula is C20H21F2N5. The molecule has 0 fully saturated rings. The van der Waals surface area contributed by atoms with Crippen LogP contribution >= 0.6 is 0 Å². The average Bonchev–Trinajstić information content (AvgIpc) is 2.69. The molecule has 5 nitrogen and oxygen atoms in total. The molecular weight excluding hydrogens is 348 g/mol. The standard InChI is InChI=1S/C20H21F2N5/c1-3-13(2)25-20-26-18(17-6-4-5-9-23-17)11-19(27-20)24-12-14-7-8-15(21)16(22)10-14/h4-11,13H,3,12H2,1-2H3,(H2,24,25,26,27)/t13-/m0/s1. The van der Waals surface area contributed by atoms with E-state index in [9.17, 15) is 8.78 Å². The zero-order valence-electron chi connectivity index (χ0n) is 15.2. The summed E-state index contributed by atoms with van der Waals surface area (Å²) >= 11 is 0. The van der Waals surface area contributed by atoms with E-state index < -0.39 is 11.6 Å². The molecule has 0 unspecified atom stereocenters. The smallest absolute Gasteiger partial charge is 0.225 e. The van der Waals surface area contributed by atoms with Crippen LogP contribution in [0.15, 0.2) is 48.7 Å². The largest absolute Gasteiger partial charge is 0.366 e. The first-order valence-electron chi connectivity index (χ1n) is 8.80. The van der Waals surface area contributed by atoms with Gasteiger partial charge in [0.15, 0.2) is 11.6 Å². The highest BCUT2D eigenvalue weighted by Gasteiger charge is 2.10. The topological polar surface area (TPSA) is 62.7 Å². The van der Waals surface area contributed by atoms with E-state index in [0.717, 1.165) is 18.2 Å². The second-order valence-electron chi connectivity index (χ2n) is 6.23. The van der Waals surface area contributed by atoms with Crippen LogP contribution in [0.1, 0.15) is 25.8 Å². The van der Waals surface area contributed by atoms with Crippen LogP contribution < -0.4 is 10.6 Å². The van der Waals surface area contributed by atoms with Gasteiger partial charge in [0.05, 0.1) is 11.4 Å². The molecule has 0 saturated heterocycles. The third kappa shape index (κ3) is 4.97. The summed E-state index contributed by atoms with van der Waals surface area (Å²) in [6, 6.07) is 11.4. The lowest BCUT2D eigenvalue weighted by Crippen LogP contribution is -2.16. The fraction of sp³-hybridized carbons (Fsp3) is 0.250. The maximum Gasteiger partial charge on any atom is 0.225 e. The highest BCUT2D eigenvalue weighted by atomic mass is 19.2. The van der Waals surface area contributed by atoms with Crippen LogP contribution in [0.3, 0.4) is 0 Å². The summed E-state index contributed by atoms with van der Waals surface area (Å²) in [5.74, 6) is -0.676. The van der Waals surface area contributed by atoms with E-state index in [4.69, 9.17) is 0 Å². The van der Waals surface area contributed by atoms with E-state index in [-0.39, 0.29) is 6.04 Å². The minimum absolute atomic E-state index is 0.211. The number of halogens is 2. The van der Waals surface area contributed by atoms with Crippen molar-refractivity contribution in [1.82, 2.24) is 15.0 Å². The van der Waals surface area contributed by atoms with Crippen LogP contribution in [0.4, 0.5) is 20.5 Å². The Morgan fingerprint density at radius 3 is 2.56 bits per heavy atom. The van der Waals surface area contributed by atoms with Gasteiger partial charge < -0.3 is 10.6 Å². The molecule has 2 aromatic heterocycles. The van der Waals surface area contributed by atoms with Crippen LogP contribution in [0.2, 0.25) is 0 Å². The van der Waals surface area contributed by atoms with Crippen LogP contribution in [0, 0.1) is 11.6 Å². The number of aromatic nitrogens is 3. The maximum absolute atomic E-state index is 13.4. The molecule has 27 heavy (non-hydrogen) atoms. The van der Waals surface area contributed by atoms with Crippen molar-refractivity contribution in [3.05, 3.63) is 65.9 Å². The van der Waals surface area contributed by atoms with Crippen molar-refractivity contribution in [1.29, 1.82) is 0 Å². The predicted molar refractivity (Wildman–Crippen MR) is 102 cm³/mol. The van der Waals surface area contributed by atoms with E-state index >= 15 is 0 Å². The number of rotatable bonds is 7. The minimum atomic E-state index is -0.870. The van der Waals surface area contributed by atoms with Crippen LogP contribution in [0.5, 0.6) is 0 Å². The molecule has 2 N–H and O–H groups in total. The van der Waals surface area contributed by atoms with Gasteiger partial charge in [0.1, 0.15) is 5.82 Å².